The van der Waals surface area contributed by atoms with Crippen LogP contribution in [0.4, 0.5) is 5.69 Å². The predicted molar refractivity (Wildman–Crippen MR) is 148 cm³/mol. The van der Waals surface area contributed by atoms with Gasteiger partial charge in [-0.25, -0.2) is 9.48 Å². The van der Waals surface area contributed by atoms with E-state index < -0.39 is 5.97 Å². The lowest BCUT2D eigenvalue weighted by molar-refractivity contribution is 0.0601. The van der Waals surface area contributed by atoms with Crippen molar-refractivity contribution in [2.24, 2.45) is 4.99 Å². The summed E-state index contributed by atoms with van der Waals surface area (Å²) in [4.78, 5) is 31.1. The quantitative estimate of drug-likeness (QED) is 0.244. The number of benzene rings is 3. The summed E-state index contributed by atoms with van der Waals surface area (Å²) in [5, 5.41) is 3.22. The molecule has 0 radical (unpaired) electrons. The highest BCUT2D eigenvalue weighted by molar-refractivity contribution is 6.06. The number of hydrogen-bond acceptors (Lipinski definition) is 8. The molecule has 0 saturated carbocycles. The van der Waals surface area contributed by atoms with Crippen molar-refractivity contribution in [1.82, 2.24) is 9.78 Å². The van der Waals surface area contributed by atoms with Crippen molar-refractivity contribution in [3.8, 4) is 39.9 Å². The van der Waals surface area contributed by atoms with Crippen LogP contribution in [0, 0.1) is 0 Å². The molecule has 0 atom stereocenters. The van der Waals surface area contributed by atoms with E-state index in [2.05, 4.69) is 5.10 Å². The molecule has 0 spiro atoms. The number of aromatic nitrogens is 2. The number of hydrogen-bond donors (Lipinski definition) is 1. The molecule has 0 aliphatic heterocycles. The molecule has 1 aromatic heterocycles. The molecule has 0 bridgehead atoms. The Morgan fingerprint density at radius 3 is 1.90 bits per heavy atom. The van der Waals surface area contributed by atoms with Gasteiger partial charge in [0.15, 0.2) is 11.5 Å². The minimum atomic E-state index is -0.609. The molecule has 4 aromatic rings. The lowest BCUT2D eigenvalue weighted by Gasteiger charge is -2.12. The first-order valence-corrected chi connectivity index (χ1v) is 11.9. The third kappa shape index (κ3) is 5.35. The van der Waals surface area contributed by atoms with Crippen LogP contribution in [-0.2, 0) is 4.74 Å². The summed E-state index contributed by atoms with van der Waals surface area (Å²) < 4.78 is 27.7. The number of rotatable bonds is 9. The number of carbonyl (C=O) groups excluding carboxylic acids is 1. The lowest BCUT2D eigenvalue weighted by atomic mass is 10.0. The highest BCUT2D eigenvalue weighted by atomic mass is 16.5. The Balaban J connectivity index is 1.94. The largest absolute Gasteiger partial charge is 0.497 e. The van der Waals surface area contributed by atoms with E-state index in [9.17, 15) is 9.59 Å². The minimum Gasteiger partial charge on any atom is -0.497 e. The molecule has 4 rings (SSSR count). The molecule has 39 heavy (non-hydrogen) atoms. The zero-order chi connectivity index (χ0) is 28.1. The molecule has 10 heteroatoms. The average Bonchev–Trinajstić information content (AvgIpc) is 3.33. The number of carbonyl (C=O) groups is 1. The van der Waals surface area contributed by atoms with Crippen molar-refractivity contribution >= 4 is 17.4 Å². The van der Waals surface area contributed by atoms with E-state index in [-0.39, 0.29) is 16.8 Å². The van der Waals surface area contributed by atoms with Crippen molar-refractivity contribution in [2.75, 3.05) is 35.5 Å². The van der Waals surface area contributed by atoms with E-state index in [1.165, 1.54) is 32.1 Å². The number of esters is 1. The molecule has 202 valence electrons. The van der Waals surface area contributed by atoms with Crippen LogP contribution in [0.3, 0.4) is 0 Å². The molecule has 0 unspecified atom stereocenters. The first-order valence-electron chi connectivity index (χ1n) is 11.9. The molecule has 0 aliphatic rings. The van der Waals surface area contributed by atoms with E-state index in [4.69, 9.17) is 28.7 Å². The third-order valence-electron chi connectivity index (χ3n) is 6.16. The third-order valence-corrected chi connectivity index (χ3v) is 6.16. The van der Waals surface area contributed by atoms with Gasteiger partial charge in [-0.1, -0.05) is 0 Å². The van der Waals surface area contributed by atoms with Crippen LogP contribution < -0.4 is 24.5 Å². The minimum absolute atomic E-state index is 0.159. The second-order valence-electron chi connectivity index (χ2n) is 8.34. The van der Waals surface area contributed by atoms with Crippen LogP contribution in [0.2, 0.25) is 0 Å². The van der Waals surface area contributed by atoms with Gasteiger partial charge in [0, 0.05) is 17.7 Å². The highest BCUT2D eigenvalue weighted by Crippen LogP contribution is 2.36. The van der Waals surface area contributed by atoms with Crippen molar-refractivity contribution < 1.29 is 28.5 Å². The first kappa shape index (κ1) is 27.1. The molecule has 10 nitrogen and oxygen atoms in total. The maximum Gasteiger partial charge on any atom is 0.340 e. The van der Waals surface area contributed by atoms with Crippen LogP contribution in [0.25, 0.3) is 16.9 Å². The maximum absolute atomic E-state index is 13.8. The number of nitrogens with zero attached hydrogens (tertiary/aromatic N) is 2. The van der Waals surface area contributed by atoms with Crippen molar-refractivity contribution in [3.63, 3.8) is 0 Å². The fourth-order valence-electron chi connectivity index (χ4n) is 4.12. The van der Waals surface area contributed by atoms with Gasteiger partial charge in [0.25, 0.3) is 5.56 Å². The summed E-state index contributed by atoms with van der Waals surface area (Å²) in [6.45, 7) is 1.70. The number of H-pyrrole nitrogens is 1. The van der Waals surface area contributed by atoms with E-state index in [1.54, 1.807) is 63.6 Å². The number of aromatic amines is 1. The summed E-state index contributed by atoms with van der Waals surface area (Å²) in [6.07, 6.45) is 0. The summed E-state index contributed by atoms with van der Waals surface area (Å²) in [5.41, 5.74) is 2.67. The van der Waals surface area contributed by atoms with E-state index in [0.717, 1.165) is 5.56 Å². The van der Waals surface area contributed by atoms with Crippen LogP contribution >= 0.6 is 0 Å². The smallest absolute Gasteiger partial charge is 0.340 e. The zero-order valence-electron chi connectivity index (χ0n) is 22.5. The Labute approximate surface area is 225 Å². The van der Waals surface area contributed by atoms with Gasteiger partial charge in [0.2, 0.25) is 0 Å². The molecular weight excluding hydrogens is 502 g/mol. The van der Waals surface area contributed by atoms with Crippen LogP contribution in [0.1, 0.15) is 22.8 Å². The van der Waals surface area contributed by atoms with Crippen molar-refractivity contribution in [1.29, 1.82) is 0 Å². The molecule has 0 amide bonds. The van der Waals surface area contributed by atoms with Crippen LogP contribution in [0.5, 0.6) is 23.0 Å². The standard InChI is InChI=1S/C29H29N3O7/c1-17(30-23-16-25(38-5)24(37-4)15-22(23)29(34)39-6)26-27(18-7-11-20(35-2)12-8-18)31-32(28(26)33)19-9-13-21(36-3)14-10-19/h7-16,31H,1-6H3. The van der Waals surface area contributed by atoms with E-state index >= 15 is 0 Å². The van der Waals surface area contributed by atoms with Crippen LogP contribution in [0.15, 0.2) is 70.5 Å². The lowest BCUT2D eigenvalue weighted by Crippen LogP contribution is -2.19. The molecule has 1 heterocycles. The Hall–Kier alpha value is -4.99. The van der Waals surface area contributed by atoms with Gasteiger partial charge in [-0.15, -0.1) is 0 Å². The summed E-state index contributed by atoms with van der Waals surface area (Å²) >= 11 is 0. The fourth-order valence-corrected chi connectivity index (χ4v) is 4.12. The molecule has 0 aliphatic carbocycles. The van der Waals surface area contributed by atoms with Gasteiger partial charge in [-0.2, -0.15) is 0 Å². The molecule has 1 N–H and O–H groups in total. The van der Waals surface area contributed by atoms with E-state index in [1.807, 2.05) is 12.1 Å². The second-order valence-corrected chi connectivity index (χ2v) is 8.34. The molecule has 0 fully saturated rings. The Kier molecular flexibility index (Phi) is 8.04. The SMILES string of the molecule is COC(=O)c1cc(OC)c(OC)cc1N=C(C)c1c(-c2ccc(OC)cc2)[nH]n(-c2ccc(OC)cc2)c1=O. The predicted octanol–water partition coefficient (Wildman–Crippen LogP) is 4.79. The maximum atomic E-state index is 13.8. The van der Waals surface area contributed by atoms with Gasteiger partial charge in [0.05, 0.1) is 69.5 Å². The Morgan fingerprint density at radius 1 is 0.795 bits per heavy atom. The number of nitrogens with one attached hydrogen (secondary N) is 1. The summed E-state index contributed by atoms with van der Waals surface area (Å²) in [5.74, 6) is 1.45. The van der Waals surface area contributed by atoms with Gasteiger partial charge >= 0.3 is 5.97 Å². The zero-order valence-corrected chi connectivity index (χ0v) is 22.5. The van der Waals surface area contributed by atoms with Gasteiger partial charge in [-0.3, -0.25) is 14.9 Å². The Morgan fingerprint density at radius 2 is 1.36 bits per heavy atom. The highest BCUT2D eigenvalue weighted by Gasteiger charge is 2.22. The summed E-state index contributed by atoms with van der Waals surface area (Å²) in [7, 11) is 7.39. The monoisotopic (exact) mass is 531 g/mol. The van der Waals surface area contributed by atoms with E-state index in [0.29, 0.717) is 45.7 Å². The van der Waals surface area contributed by atoms with Gasteiger partial charge in [-0.05, 0) is 55.5 Å². The Bertz CT molecular complexity index is 1570. The molecule has 3 aromatic carbocycles. The van der Waals surface area contributed by atoms with Crippen molar-refractivity contribution in [3.05, 3.63) is 82.1 Å². The fraction of sp³-hybridized carbons (Fsp3) is 0.207. The van der Waals surface area contributed by atoms with Gasteiger partial charge < -0.3 is 23.7 Å². The topological polar surface area (TPSA) is 113 Å². The van der Waals surface area contributed by atoms with Crippen molar-refractivity contribution in [2.45, 2.75) is 6.92 Å². The summed E-state index contributed by atoms with van der Waals surface area (Å²) in [6, 6.07) is 17.4. The number of methoxy groups -OCH3 is 5. The second kappa shape index (κ2) is 11.6. The first-order chi connectivity index (χ1) is 18.8. The average molecular weight is 532 g/mol. The number of ether oxygens (including phenoxy) is 5. The molecule has 0 saturated heterocycles. The molecular formula is C29H29N3O7. The van der Waals surface area contributed by atoms with Crippen LogP contribution in [-0.4, -0.2) is 57.0 Å². The normalized spacial score (nSPS) is 11.2. The van der Waals surface area contributed by atoms with Gasteiger partial charge in [0.1, 0.15) is 11.5 Å². The number of aliphatic imine (C=N–C) groups is 1.